The zero-order valence-corrected chi connectivity index (χ0v) is 14.8. The molecule has 3 rings (SSSR count). The van der Waals surface area contributed by atoms with Crippen molar-refractivity contribution in [2.45, 2.75) is 57.7 Å². The number of rotatable bonds is 4. The minimum absolute atomic E-state index is 0.241. The van der Waals surface area contributed by atoms with Crippen LogP contribution in [0.1, 0.15) is 31.3 Å². The van der Waals surface area contributed by atoms with Crippen LogP contribution in [0.5, 0.6) is 0 Å². The van der Waals surface area contributed by atoms with Crippen LogP contribution in [0.25, 0.3) is 0 Å². The van der Waals surface area contributed by atoms with Crippen LogP contribution in [0.3, 0.4) is 0 Å². The van der Waals surface area contributed by atoms with Crippen molar-refractivity contribution in [3.63, 3.8) is 0 Å². The summed E-state index contributed by atoms with van der Waals surface area (Å²) < 4.78 is 49.2. The molecule has 148 valence electrons. The van der Waals surface area contributed by atoms with Gasteiger partial charge in [0.1, 0.15) is 11.5 Å². The van der Waals surface area contributed by atoms with Crippen LogP contribution in [0, 0.1) is 6.92 Å². The van der Waals surface area contributed by atoms with Gasteiger partial charge in [0.25, 0.3) is 0 Å². The van der Waals surface area contributed by atoms with Gasteiger partial charge in [-0.05, 0) is 38.8 Å². The summed E-state index contributed by atoms with van der Waals surface area (Å²) in [5, 5.41) is 7.12. The summed E-state index contributed by atoms with van der Waals surface area (Å²) in [6.45, 7) is 7.49. The van der Waals surface area contributed by atoms with Crippen molar-refractivity contribution in [1.82, 2.24) is 4.90 Å². The van der Waals surface area contributed by atoms with Crippen LogP contribution >= 0.6 is 0 Å². The second-order valence-corrected chi connectivity index (χ2v) is 6.26. The number of ether oxygens (including phenoxy) is 2. The monoisotopic (exact) mass is 379 g/mol. The highest BCUT2D eigenvalue weighted by molar-refractivity contribution is 5.73. The van der Waals surface area contributed by atoms with Crippen LogP contribution < -0.4 is 0 Å². The van der Waals surface area contributed by atoms with Gasteiger partial charge in [-0.2, -0.15) is 13.2 Å². The maximum Gasteiger partial charge on any atom is 0.490 e. The summed E-state index contributed by atoms with van der Waals surface area (Å²) in [6.07, 6.45) is -2.30. The number of hydrogen-bond acceptors (Lipinski definition) is 5. The van der Waals surface area contributed by atoms with Gasteiger partial charge in [-0.25, -0.2) is 4.79 Å². The Hall–Kier alpha value is -1.58. The molecule has 0 amide bonds. The molecule has 2 heterocycles. The second-order valence-electron chi connectivity index (χ2n) is 6.26. The van der Waals surface area contributed by atoms with Crippen LogP contribution in [-0.2, 0) is 20.8 Å². The van der Waals surface area contributed by atoms with Gasteiger partial charge in [0.15, 0.2) is 0 Å². The second kappa shape index (κ2) is 8.88. The van der Waals surface area contributed by atoms with E-state index in [1.54, 1.807) is 0 Å². The highest BCUT2D eigenvalue weighted by atomic mass is 19.4. The summed E-state index contributed by atoms with van der Waals surface area (Å²) in [5.41, 5.74) is 0. The first-order chi connectivity index (χ1) is 12.2. The number of halogens is 3. The van der Waals surface area contributed by atoms with Crippen molar-refractivity contribution in [1.29, 1.82) is 0 Å². The fourth-order valence-corrected chi connectivity index (χ4v) is 3.35. The number of morpholine rings is 1. The quantitative estimate of drug-likeness (QED) is 0.867. The smallest absolute Gasteiger partial charge is 0.475 e. The van der Waals surface area contributed by atoms with E-state index in [0.29, 0.717) is 6.04 Å². The van der Waals surface area contributed by atoms with E-state index in [2.05, 4.69) is 17.9 Å². The predicted molar refractivity (Wildman–Crippen MR) is 85.7 cm³/mol. The number of aliphatic carboxylic acids is 1. The largest absolute Gasteiger partial charge is 0.490 e. The normalized spacial score (nSPS) is 26.1. The average molecular weight is 379 g/mol. The van der Waals surface area contributed by atoms with Crippen LogP contribution in [-0.4, -0.2) is 60.2 Å². The number of fused-ring (bicyclic) bond motifs is 1. The van der Waals surface area contributed by atoms with E-state index in [4.69, 9.17) is 23.8 Å². The van der Waals surface area contributed by atoms with Gasteiger partial charge in [0.05, 0.1) is 25.4 Å². The fourth-order valence-electron chi connectivity index (χ4n) is 3.35. The maximum absolute atomic E-state index is 10.6. The molecule has 26 heavy (non-hydrogen) atoms. The number of nitrogens with zero attached hydrogens (tertiary/aromatic N) is 1. The van der Waals surface area contributed by atoms with E-state index in [9.17, 15) is 13.2 Å². The minimum Gasteiger partial charge on any atom is -0.475 e. The first kappa shape index (κ1) is 20.7. The molecule has 1 aromatic rings. The first-order valence-corrected chi connectivity index (χ1v) is 8.55. The minimum atomic E-state index is -5.08. The van der Waals surface area contributed by atoms with Gasteiger partial charge in [-0.3, -0.25) is 4.90 Å². The summed E-state index contributed by atoms with van der Waals surface area (Å²) in [4.78, 5) is 11.4. The first-order valence-electron chi connectivity index (χ1n) is 8.55. The topological polar surface area (TPSA) is 72.1 Å². The fraction of sp³-hybridized carbons (Fsp3) is 0.706. The molecule has 0 spiro atoms. The molecule has 0 bridgehead atoms. The number of aryl methyl sites for hydroxylation is 1. The van der Waals surface area contributed by atoms with Gasteiger partial charge in [0, 0.05) is 19.2 Å². The lowest BCUT2D eigenvalue weighted by molar-refractivity contribution is -0.192. The molecule has 1 aliphatic carbocycles. The lowest BCUT2D eigenvalue weighted by Crippen LogP contribution is -2.51. The van der Waals surface area contributed by atoms with Crippen LogP contribution in [0.2, 0.25) is 0 Å². The Morgan fingerprint density at radius 2 is 2.08 bits per heavy atom. The molecule has 1 aromatic heterocycles. The Morgan fingerprint density at radius 1 is 1.38 bits per heavy atom. The molecule has 2 aliphatic rings. The molecule has 1 saturated carbocycles. The Labute approximate surface area is 149 Å². The van der Waals surface area contributed by atoms with E-state index in [0.717, 1.165) is 50.7 Å². The van der Waals surface area contributed by atoms with Gasteiger partial charge < -0.3 is 19.0 Å². The highest BCUT2D eigenvalue weighted by Gasteiger charge is 2.43. The molecule has 2 fully saturated rings. The lowest BCUT2D eigenvalue weighted by Gasteiger charge is -2.38. The Balaban J connectivity index is 0.000000298. The molecule has 9 heteroatoms. The summed E-state index contributed by atoms with van der Waals surface area (Å²) in [5.74, 6) is -0.719. The summed E-state index contributed by atoms with van der Waals surface area (Å²) >= 11 is 0. The number of carboxylic acids is 1. The molecule has 1 saturated heterocycles. The summed E-state index contributed by atoms with van der Waals surface area (Å²) in [6, 6.07) is 4.59. The Kier molecular flexibility index (Phi) is 7.08. The van der Waals surface area contributed by atoms with Crippen molar-refractivity contribution < 1.29 is 37.0 Å². The van der Waals surface area contributed by atoms with Gasteiger partial charge >= 0.3 is 12.1 Å². The highest BCUT2D eigenvalue weighted by Crippen LogP contribution is 2.33. The predicted octanol–water partition coefficient (Wildman–Crippen LogP) is 2.99. The van der Waals surface area contributed by atoms with Crippen LogP contribution in [0.15, 0.2) is 16.5 Å². The maximum atomic E-state index is 10.6. The van der Waals surface area contributed by atoms with Crippen molar-refractivity contribution in [3.05, 3.63) is 23.7 Å². The zero-order chi connectivity index (χ0) is 19.3. The molecule has 0 aromatic carbocycles. The molecule has 1 N–H and O–H groups in total. The molecule has 0 radical (unpaired) electrons. The average Bonchev–Trinajstić information content (AvgIpc) is 3.15. The molecule has 6 nitrogen and oxygen atoms in total. The van der Waals surface area contributed by atoms with Gasteiger partial charge in [0.2, 0.25) is 0 Å². The molecule has 3 atom stereocenters. The lowest BCUT2D eigenvalue weighted by atomic mass is 10.1. The van der Waals surface area contributed by atoms with E-state index in [-0.39, 0.29) is 12.2 Å². The Morgan fingerprint density at radius 3 is 2.62 bits per heavy atom. The van der Waals surface area contributed by atoms with Gasteiger partial charge in [-0.15, -0.1) is 0 Å². The van der Waals surface area contributed by atoms with Crippen molar-refractivity contribution in [3.8, 4) is 0 Å². The van der Waals surface area contributed by atoms with E-state index < -0.39 is 12.1 Å². The number of furan rings is 1. The number of carboxylic acid groups (broad SMARTS) is 1. The van der Waals surface area contributed by atoms with E-state index >= 15 is 0 Å². The third-order valence-corrected chi connectivity index (χ3v) is 4.43. The SMILES string of the molecule is CCO[C@@H]1CC[C@H]2[C@H]1OCCN2Cc1ccc(C)o1.O=C(O)C(F)(F)F. The number of alkyl halides is 3. The van der Waals surface area contributed by atoms with E-state index in [1.165, 1.54) is 0 Å². The van der Waals surface area contributed by atoms with E-state index in [1.807, 2.05) is 13.0 Å². The molecule has 1 aliphatic heterocycles. The zero-order valence-electron chi connectivity index (χ0n) is 14.8. The van der Waals surface area contributed by atoms with Crippen molar-refractivity contribution >= 4 is 5.97 Å². The standard InChI is InChI=1S/C15H23NO3.C2HF3O2/c1-3-17-14-7-6-13-15(14)18-9-8-16(13)10-12-5-4-11(2)19-12;3-2(4,5)1(6)7/h4-5,13-15H,3,6-10H2,1-2H3;(H,6,7)/t13-,14+,15+;/m0./s1. The van der Waals surface area contributed by atoms with Crippen LogP contribution in [0.4, 0.5) is 13.2 Å². The summed E-state index contributed by atoms with van der Waals surface area (Å²) in [7, 11) is 0. The molecule has 0 unspecified atom stereocenters. The Bertz CT molecular complexity index is 589. The van der Waals surface area contributed by atoms with Gasteiger partial charge in [-0.1, -0.05) is 0 Å². The van der Waals surface area contributed by atoms with Crippen molar-refractivity contribution in [2.75, 3.05) is 19.8 Å². The third-order valence-electron chi connectivity index (χ3n) is 4.43. The molecular formula is C17H24F3NO5. The number of hydrogen-bond donors (Lipinski definition) is 1. The third kappa shape index (κ3) is 5.46. The number of carbonyl (C=O) groups is 1. The van der Waals surface area contributed by atoms with Crippen molar-refractivity contribution in [2.24, 2.45) is 0 Å². The molecular weight excluding hydrogens is 355 g/mol.